The number of nitrogens with zero attached hydrogens (tertiary/aromatic N) is 3. The highest BCUT2D eigenvalue weighted by Crippen LogP contribution is 2.30. The molecule has 0 atom stereocenters. The van der Waals surface area contributed by atoms with Crippen LogP contribution in [0.5, 0.6) is 5.75 Å². The van der Waals surface area contributed by atoms with Crippen molar-refractivity contribution in [2.45, 2.75) is 6.92 Å². The molecule has 3 aromatic rings. The lowest BCUT2D eigenvalue weighted by atomic mass is 10.1. The summed E-state index contributed by atoms with van der Waals surface area (Å²) in [6.45, 7) is 1.98. The predicted molar refractivity (Wildman–Crippen MR) is 75.5 cm³/mol. The summed E-state index contributed by atoms with van der Waals surface area (Å²) in [7, 11) is 1.60. The molecule has 0 spiro atoms. The van der Waals surface area contributed by atoms with Gasteiger partial charge < -0.3 is 14.2 Å². The zero-order valence-corrected chi connectivity index (χ0v) is 11.5. The number of hydrogen-bond acceptors (Lipinski definition) is 5. The maximum Gasteiger partial charge on any atom is 0.274 e. The molecular weight excluding hydrogens is 268 g/mol. The summed E-state index contributed by atoms with van der Waals surface area (Å²) in [5, 5.41) is 12.8. The summed E-state index contributed by atoms with van der Waals surface area (Å²) >= 11 is 0. The maximum atomic E-state index is 8.82. The third-order valence-electron chi connectivity index (χ3n) is 3.07. The molecule has 0 radical (unpaired) electrons. The van der Waals surface area contributed by atoms with Crippen LogP contribution < -0.4 is 4.74 Å². The molecule has 0 amide bonds. The number of nitrogens with one attached hydrogen (secondary N) is 1. The van der Waals surface area contributed by atoms with Crippen LogP contribution in [0.15, 0.2) is 35.0 Å². The number of aryl methyl sites for hydroxylation is 1. The number of aromatic nitrogens is 3. The summed E-state index contributed by atoms with van der Waals surface area (Å²) in [4.78, 5) is 7.26. The first kappa shape index (κ1) is 12.9. The number of nitriles is 1. The number of methoxy groups -OCH3 is 1. The van der Waals surface area contributed by atoms with Crippen molar-refractivity contribution in [2.75, 3.05) is 7.11 Å². The monoisotopic (exact) mass is 280 g/mol. The summed E-state index contributed by atoms with van der Waals surface area (Å²) in [6.07, 6.45) is 1.59. The Kier molecular flexibility index (Phi) is 3.16. The van der Waals surface area contributed by atoms with Crippen molar-refractivity contribution in [3.63, 3.8) is 0 Å². The molecule has 0 saturated carbocycles. The number of ether oxygens (including phenoxy) is 1. The van der Waals surface area contributed by atoms with Crippen LogP contribution in [-0.4, -0.2) is 22.2 Å². The molecule has 21 heavy (non-hydrogen) atoms. The van der Waals surface area contributed by atoms with Crippen LogP contribution in [0, 0.1) is 18.3 Å². The molecular formula is C15H12N4O2. The molecule has 3 rings (SSSR count). The van der Waals surface area contributed by atoms with Crippen molar-refractivity contribution in [3.05, 3.63) is 41.6 Å². The number of benzene rings is 1. The second-order valence-electron chi connectivity index (χ2n) is 4.54. The van der Waals surface area contributed by atoms with Gasteiger partial charge >= 0.3 is 0 Å². The smallest absolute Gasteiger partial charge is 0.274 e. The van der Waals surface area contributed by atoms with Gasteiger partial charge in [0, 0.05) is 6.20 Å². The topological polar surface area (TPSA) is 87.7 Å². The van der Waals surface area contributed by atoms with Gasteiger partial charge in [-0.3, -0.25) is 0 Å². The van der Waals surface area contributed by atoms with E-state index in [2.05, 4.69) is 15.1 Å². The largest absolute Gasteiger partial charge is 0.496 e. The van der Waals surface area contributed by atoms with E-state index in [0.717, 1.165) is 11.1 Å². The Balaban J connectivity index is 2.00. The highest BCUT2D eigenvalue weighted by atomic mass is 16.5. The minimum Gasteiger partial charge on any atom is -0.496 e. The molecule has 6 heteroatoms. The van der Waals surface area contributed by atoms with Gasteiger partial charge in [0.15, 0.2) is 0 Å². The zero-order chi connectivity index (χ0) is 14.8. The average Bonchev–Trinajstić information content (AvgIpc) is 3.15. The van der Waals surface area contributed by atoms with Crippen molar-refractivity contribution in [1.29, 1.82) is 5.26 Å². The van der Waals surface area contributed by atoms with E-state index < -0.39 is 0 Å². The molecule has 2 aromatic heterocycles. The van der Waals surface area contributed by atoms with Crippen LogP contribution in [0.2, 0.25) is 0 Å². The Hall–Kier alpha value is -3.07. The van der Waals surface area contributed by atoms with E-state index in [1.165, 1.54) is 0 Å². The second kappa shape index (κ2) is 5.13. The van der Waals surface area contributed by atoms with Crippen LogP contribution in [0.4, 0.5) is 0 Å². The lowest BCUT2D eigenvalue weighted by Gasteiger charge is -2.05. The van der Waals surface area contributed by atoms with E-state index in [0.29, 0.717) is 28.7 Å². The van der Waals surface area contributed by atoms with Gasteiger partial charge in [0.05, 0.1) is 18.2 Å². The molecule has 6 nitrogen and oxygen atoms in total. The van der Waals surface area contributed by atoms with Gasteiger partial charge in [-0.2, -0.15) is 10.2 Å². The van der Waals surface area contributed by atoms with Gasteiger partial charge in [0.25, 0.3) is 5.89 Å². The number of hydrogen-bond donors (Lipinski definition) is 1. The van der Waals surface area contributed by atoms with Gasteiger partial charge in [0.1, 0.15) is 17.5 Å². The predicted octanol–water partition coefficient (Wildman–Crippen LogP) is 2.92. The first-order valence-electron chi connectivity index (χ1n) is 6.29. The minimum absolute atomic E-state index is 0.328. The summed E-state index contributed by atoms with van der Waals surface area (Å²) < 4.78 is 10.6. The fraction of sp³-hybridized carbons (Fsp3) is 0.133. The molecule has 0 aliphatic heterocycles. The average molecular weight is 280 g/mol. The Morgan fingerprint density at radius 2 is 2.19 bits per heavy atom. The molecule has 0 aliphatic carbocycles. The summed E-state index contributed by atoms with van der Waals surface area (Å²) in [5.41, 5.74) is 2.96. The molecule has 0 fully saturated rings. The van der Waals surface area contributed by atoms with Crippen LogP contribution in [0.3, 0.4) is 0 Å². The van der Waals surface area contributed by atoms with Crippen molar-refractivity contribution in [3.8, 4) is 34.8 Å². The van der Waals surface area contributed by atoms with Crippen molar-refractivity contribution >= 4 is 0 Å². The highest BCUT2D eigenvalue weighted by Gasteiger charge is 2.15. The molecule has 0 unspecified atom stereocenters. The van der Waals surface area contributed by atoms with E-state index >= 15 is 0 Å². The van der Waals surface area contributed by atoms with Gasteiger partial charge in [0.2, 0.25) is 5.82 Å². The third kappa shape index (κ3) is 2.37. The zero-order valence-electron chi connectivity index (χ0n) is 11.5. The second-order valence-corrected chi connectivity index (χ2v) is 4.54. The molecule has 0 bridgehead atoms. The van der Waals surface area contributed by atoms with Gasteiger partial charge in [-0.25, -0.2) is 0 Å². The Morgan fingerprint density at radius 1 is 1.33 bits per heavy atom. The fourth-order valence-electron chi connectivity index (χ4n) is 2.01. The molecule has 0 aliphatic rings. The van der Waals surface area contributed by atoms with Crippen molar-refractivity contribution < 1.29 is 9.26 Å². The molecule has 104 valence electrons. The first-order chi connectivity index (χ1) is 10.2. The van der Waals surface area contributed by atoms with Crippen LogP contribution in [0.1, 0.15) is 11.1 Å². The number of rotatable bonds is 3. The van der Waals surface area contributed by atoms with Crippen LogP contribution >= 0.6 is 0 Å². The number of aromatic amines is 1. The van der Waals surface area contributed by atoms with Crippen LogP contribution in [-0.2, 0) is 0 Å². The minimum atomic E-state index is 0.328. The van der Waals surface area contributed by atoms with Crippen LogP contribution in [0.25, 0.3) is 23.0 Å². The highest BCUT2D eigenvalue weighted by molar-refractivity contribution is 5.66. The maximum absolute atomic E-state index is 8.82. The normalized spacial score (nSPS) is 10.3. The lowest BCUT2D eigenvalue weighted by molar-refractivity contribution is 0.413. The summed E-state index contributed by atoms with van der Waals surface area (Å²) in [6, 6.07) is 9.45. The Morgan fingerprint density at radius 3 is 2.90 bits per heavy atom. The van der Waals surface area contributed by atoms with Gasteiger partial charge in [-0.15, -0.1) is 0 Å². The Bertz CT molecular complexity index is 826. The van der Waals surface area contributed by atoms with E-state index in [1.54, 1.807) is 19.4 Å². The summed E-state index contributed by atoms with van der Waals surface area (Å²) in [5.74, 6) is 1.45. The fourth-order valence-corrected chi connectivity index (χ4v) is 2.01. The molecule has 0 saturated heterocycles. The van der Waals surface area contributed by atoms with Gasteiger partial charge in [-0.1, -0.05) is 11.2 Å². The first-order valence-corrected chi connectivity index (χ1v) is 6.29. The van der Waals surface area contributed by atoms with E-state index in [9.17, 15) is 0 Å². The SMILES string of the molecule is COc1cc(C)ccc1-c1noc(-c2cc(C#N)c[nH]2)n1. The molecule has 2 heterocycles. The quantitative estimate of drug-likeness (QED) is 0.796. The Labute approximate surface area is 121 Å². The lowest BCUT2D eigenvalue weighted by Crippen LogP contribution is -1.90. The standard InChI is InChI=1S/C15H12N4O2/c1-9-3-4-11(13(5-9)20-2)14-18-15(21-19-14)12-6-10(7-16)8-17-12/h3-6,8,17H,1-2H3. The molecule has 1 aromatic carbocycles. The van der Waals surface area contributed by atoms with Gasteiger partial charge in [-0.05, 0) is 30.7 Å². The molecule has 1 N–H and O–H groups in total. The van der Waals surface area contributed by atoms with Crippen molar-refractivity contribution in [2.24, 2.45) is 0 Å². The van der Waals surface area contributed by atoms with E-state index in [-0.39, 0.29) is 0 Å². The van der Waals surface area contributed by atoms with Crippen molar-refractivity contribution in [1.82, 2.24) is 15.1 Å². The van der Waals surface area contributed by atoms with E-state index in [4.69, 9.17) is 14.5 Å². The van der Waals surface area contributed by atoms with E-state index in [1.807, 2.05) is 31.2 Å². The number of H-pyrrole nitrogens is 1. The third-order valence-corrected chi connectivity index (χ3v) is 3.07.